The molecule has 0 saturated carbocycles. The molecule has 1 aromatic carbocycles. The Kier molecular flexibility index (Phi) is 10.5. The van der Waals surface area contributed by atoms with E-state index < -0.39 is 0 Å². The fraction of sp³-hybridized carbons (Fsp3) is 0.500. The van der Waals surface area contributed by atoms with Gasteiger partial charge in [0.2, 0.25) is 0 Å². The van der Waals surface area contributed by atoms with Crippen LogP contribution in [0.3, 0.4) is 0 Å². The highest BCUT2D eigenvalue weighted by atomic mass is 79.9. The second-order valence-electron chi connectivity index (χ2n) is 3.06. The van der Waals surface area contributed by atoms with Gasteiger partial charge in [0, 0.05) is 0 Å². The van der Waals surface area contributed by atoms with Crippen LogP contribution in [-0.4, -0.2) is 6.10 Å². The largest absolute Gasteiger partial charge is 0.305 e. The quantitative estimate of drug-likeness (QED) is 0.769. The summed E-state index contributed by atoms with van der Waals surface area (Å²) in [5.41, 5.74) is 0. The van der Waals surface area contributed by atoms with Crippen molar-refractivity contribution in [2.24, 2.45) is 0 Å². The van der Waals surface area contributed by atoms with Gasteiger partial charge in [0.15, 0.2) is 0 Å². The Morgan fingerprint density at radius 3 is 1.57 bits per heavy atom. The van der Waals surface area contributed by atoms with E-state index in [2.05, 4.69) is 30.1 Å². The highest BCUT2D eigenvalue weighted by Crippen LogP contribution is 2.08. The number of rotatable bonds is 4. The third kappa shape index (κ3) is 8.27. The van der Waals surface area contributed by atoms with Gasteiger partial charge in [-0.05, 0) is 12.8 Å². The summed E-state index contributed by atoms with van der Waals surface area (Å²) in [5.74, 6) is 0. The van der Waals surface area contributed by atoms with Crippen molar-refractivity contribution >= 4 is 16.3 Å². The molecule has 80 valence electrons. The van der Waals surface area contributed by atoms with E-state index >= 15 is 0 Å². The first-order valence-electron chi connectivity index (χ1n) is 5.12. The van der Waals surface area contributed by atoms with Crippen molar-refractivity contribution in [3.63, 3.8) is 0 Å². The van der Waals surface area contributed by atoms with Gasteiger partial charge in [-0.25, -0.2) is 0 Å². The lowest BCUT2D eigenvalue weighted by Crippen LogP contribution is -2.03. The molecule has 14 heavy (non-hydrogen) atoms. The summed E-state index contributed by atoms with van der Waals surface area (Å²) in [4.78, 5) is 0. The molecule has 0 aliphatic rings. The monoisotopic (exact) mass is 258 g/mol. The predicted octanol–water partition coefficient (Wildman–Crippen LogP) is 4.58. The minimum atomic E-state index is 0.417. The van der Waals surface area contributed by atoms with Crippen LogP contribution in [0.15, 0.2) is 36.4 Å². The molecule has 1 nitrogen and oxygen atoms in total. The van der Waals surface area contributed by atoms with Crippen LogP contribution in [-0.2, 0) is 3.83 Å². The fourth-order valence-corrected chi connectivity index (χ4v) is 1.47. The zero-order chi connectivity index (χ0) is 10.6. The SMILES string of the molecule is CCCC(CC)OBr.c1ccccc1. The predicted molar refractivity (Wildman–Crippen MR) is 65.4 cm³/mol. The first-order valence-corrected chi connectivity index (χ1v) is 5.77. The van der Waals surface area contributed by atoms with Crippen LogP contribution >= 0.6 is 16.3 Å². The summed E-state index contributed by atoms with van der Waals surface area (Å²) in [6.07, 6.45) is 3.87. The Morgan fingerprint density at radius 2 is 1.43 bits per heavy atom. The maximum absolute atomic E-state index is 4.95. The Morgan fingerprint density at radius 1 is 1.00 bits per heavy atom. The van der Waals surface area contributed by atoms with Crippen LogP contribution in [0.5, 0.6) is 0 Å². The van der Waals surface area contributed by atoms with E-state index in [4.69, 9.17) is 3.83 Å². The molecule has 0 heterocycles. The molecular formula is C12H19BrO. The normalized spacial score (nSPS) is 11.4. The van der Waals surface area contributed by atoms with Gasteiger partial charge < -0.3 is 3.83 Å². The number of halogens is 1. The van der Waals surface area contributed by atoms with Gasteiger partial charge in [0.05, 0.1) is 22.4 Å². The van der Waals surface area contributed by atoms with Crippen LogP contribution in [0.25, 0.3) is 0 Å². The zero-order valence-electron chi connectivity index (χ0n) is 8.95. The lowest BCUT2D eigenvalue weighted by molar-refractivity contribution is 0.238. The van der Waals surface area contributed by atoms with E-state index in [0.29, 0.717) is 6.10 Å². The van der Waals surface area contributed by atoms with Gasteiger partial charge in [-0.1, -0.05) is 56.7 Å². The molecule has 0 aromatic heterocycles. The molecule has 0 spiro atoms. The van der Waals surface area contributed by atoms with E-state index in [-0.39, 0.29) is 0 Å². The van der Waals surface area contributed by atoms with Crippen molar-refractivity contribution in [3.05, 3.63) is 36.4 Å². The molecule has 1 unspecified atom stereocenters. The molecular weight excluding hydrogens is 240 g/mol. The molecule has 1 aromatic rings. The van der Waals surface area contributed by atoms with Gasteiger partial charge in [-0.3, -0.25) is 0 Å². The van der Waals surface area contributed by atoms with E-state index in [1.807, 2.05) is 36.4 Å². The van der Waals surface area contributed by atoms with Crippen LogP contribution in [0.2, 0.25) is 0 Å². The highest BCUT2D eigenvalue weighted by molar-refractivity contribution is 9.06. The molecule has 1 rings (SSSR count). The molecule has 2 heteroatoms. The fourth-order valence-electron chi connectivity index (χ4n) is 1.02. The van der Waals surface area contributed by atoms with E-state index in [1.54, 1.807) is 0 Å². The second-order valence-corrected chi connectivity index (χ2v) is 3.44. The van der Waals surface area contributed by atoms with Crippen molar-refractivity contribution in [1.29, 1.82) is 0 Å². The third-order valence-electron chi connectivity index (χ3n) is 1.86. The summed E-state index contributed by atoms with van der Waals surface area (Å²) < 4.78 is 4.95. The molecule has 0 aliphatic heterocycles. The van der Waals surface area contributed by atoms with Crippen molar-refractivity contribution in [2.75, 3.05) is 0 Å². The Bertz CT molecular complexity index is 158. The van der Waals surface area contributed by atoms with Gasteiger partial charge >= 0.3 is 0 Å². The summed E-state index contributed by atoms with van der Waals surface area (Å²) in [7, 11) is 0. The molecule has 0 aliphatic carbocycles. The Balaban J connectivity index is 0.000000249. The van der Waals surface area contributed by atoms with E-state index in [0.717, 1.165) is 12.8 Å². The highest BCUT2D eigenvalue weighted by Gasteiger charge is 2.00. The van der Waals surface area contributed by atoms with Crippen LogP contribution in [0.4, 0.5) is 0 Å². The van der Waals surface area contributed by atoms with Gasteiger partial charge in [0.1, 0.15) is 0 Å². The lowest BCUT2D eigenvalue weighted by Gasteiger charge is -2.07. The molecule has 0 amide bonds. The lowest BCUT2D eigenvalue weighted by atomic mass is 10.2. The minimum Gasteiger partial charge on any atom is -0.305 e. The zero-order valence-corrected chi connectivity index (χ0v) is 10.5. The summed E-state index contributed by atoms with van der Waals surface area (Å²) in [6.45, 7) is 4.29. The van der Waals surface area contributed by atoms with E-state index in [9.17, 15) is 0 Å². The topological polar surface area (TPSA) is 9.23 Å². The van der Waals surface area contributed by atoms with Crippen molar-refractivity contribution in [2.45, 2.75) is 39.2 Å². The average molecular weight is 259 g/mol. The number of hydrogen-bond donors (Lipinski definition) is 0. The van der Waals surface area contributed by atoms with Crippen LogP contribution in [0.1, 0.15) is 33.1 Å². The molecule has 0 bridgehead atoms. The summed E-state index contributed by atoms with van der Waals surface area (Å²) in [6, 6.07) is 12.0. The summed E-state index contributed by atoms with van der Waals surface area (Å²) in [5, 5.41) is 0. The molecule has 0 saturated heterocycles. The van der Waals surface area contributed by atoms with Gasteiger partial charge in [-0.15, -0.1) is 0 Å². The maximum atomic E-state index is 4.95. The number of hydrogen-bond acceptors (Lipinski definition) is 1. The Hall–Kier alpha value is -0.340. The third-order valence-corrected chi connectivity index (χ3v) is 2.39. The van der Waals surface area contributed by atoms with Crippen molar-refractivity contribution < 1.29 is 3.83 Å². The van der Waals surface area contributed by atoms with Crippen molar-refractivity contribution in [1.82, 2.24) is 0 Å². The molecule has 1 atom stereocenters. The van der Waals surface area contributed by atoms with Crippen molar-refractivity contribution in [3.8, 4) is 0 Å². The molecule has 0 fully saturated rings. The first-order chi connectivity index (χ1) is 6.85. The summed E-state index contributed by atoms with van der Waals surface area (Å²) >= 11 is 2.98. The van der Waals surface area contributed by atoms with Crippen LogP contribution < -0.4 is 0 Å². The average Bonchev–Trinajstić information content (AvgIpc) is 2.29. The molecule has 0 N–H and O–H groups in total. The van der Waals surface area contributed by atoms with Crippen LogP contribution in [0, 0.1) is 0 Å². The molecule has 0 radical (unpaired) electrons. The van der Waals surface area contributed by atoms with Gasteiger partial charge in [0.25, 0.3) is 0 Å². The minimum absolute atomic E-state index is 0.417. The Labute approximate surface area is 95.9 Å². The first kappa shape index (κ1) is 13.7. The standard InChI is InChI=1S/C6H13BrO.C6H6/c1-3-5-6(4-2)8-7;1-2-4-6-5-3-1/h6H,3-5H2,1-2H3;1-6H. The van der Waals surface area contributed by atoms with E-state index in [1.165, 1.54) is 6.42 Å². The second kappa shape index (κ2) is 10.7. The maximum Gasteiger partial charge on any atom is 0.0990 e. The number of benzene rings is 1. The van der Waals surface area contributed by atoms with Gasteiger partial charge in [-0.2, -0.15) is 0 Å². The smallest absolute Gasteiger partial charge is 0.0990 e.